The summed E-state index contributed by atoms with van der Waals surface area (Å²) in [6, 6.07) is 15.3. The highest BCUT2D eigenvalue weighted by molar-refractivity contribution is 5.99. The van der Waals surface area contributed by atoms with E-state index in [2.05, 4.69) is 4.98 Å². The first-order valence-corrected chi connectivity index (χ1v) is 6.31. The van der Waals surface area contributed by atoms with Gasteiger partial charge in [-0.2, -0.15) is 0 Å². The van der Waals surface area contributed by atoms with Gasteiger partial charge in [-0.1, -0.05) is 24.3 Å². The Bertz CT molecular complexity index is 776. The number of aldehydes is 1. The van der Waals surface area contributed by atoms with Gasteiger partial charge in [-0.25, -0.2) is 0 Å². The summed E-state index contributed by atoms with van der Waals surface area (Å²) in [5.74, 6) is 0.709. The molecule has 0 aliphatic carbocycles. The number of rotatable bonds is 3. The fraction of sp³-hybridized carbons (Fsp3) is 0.0588. The lowest BCUT2D eigenvalue weighted by Gasteiger charge is -2.09. The minimum atomic E-state index is 0.606. The molecule has 0 aliphatic rings. The quantitative estimate of drug-likeness (QED) is 0.676. The number of hydrogen-bond acceptors (Lipinski definition) is 3. The molecule has 0 spiro atoms. The number of aromatic nitrogens is 1. The molecular formula is C17H13NO2. The van der Waals surface area contributed by atoms with E-state index < -0.39 is 0 Å². The third kappa shape index (κ3) is 2.03. The van der Waals surface area contributed by atoms with Crippen LogP contribution in [-0.2, 0) is 0 Å². The summed E-state index contributed by atoms with van der Waals surface area (Å²) in [5, 5.41) is 2.11. The van der Waals surface area contributed by atoms with E-state index in [4.69, 9.17) is 4.74 Å². The van der Waals surface area contributed by atoms with Crippen LogP contribution in [0.1, 0.15) is 10.4 Å². The van der Waals surface area contributed by atoms with Crippen LogP contribution in [0.4, 0.5) is 0 Å². The number of benzene rings is 2. The Kier molecular flexibility index (Phi) is 3.17. The van der Waals surface area contributed by atoms with Gasteiger partial charge in [0, 0.05) is 22.7 Å². The maximum Gasteiger partial charge on any atom is 0.150 e. The van der Waals surface area contributed by atoms with Crippen molar-refractivity contribution in [3.05, 3.63) is 60.3 Å². The van der Waals surface area contributed by atoms with E-state index in [0.29, 0.717) is 11.3 Å². The molecule has 0 saturated heterocycles. The number of carbonyl (C=O) groups excluding carboxylic acids is 1. The van der Waals surface area contributed by atoms with Crippen LogP contribution < -0.4 is 4.74 Å². The molecule has 3 nitrogen and oxygen atoms in total. The predicted octanol–water partition coefficient (Wildman–Crippen LogP) is 3.72. The largest absolute Gasteiger partial charge is 0.497 e. The van der Waals surface area contributed by atoms with Gasteiger partial charge in [0.05, 0.1) is 12.8 Å². The predicted molar refractivity (Wildman–Crippen MR) is 79.1 cm³/mol. The fourth-order valence-corrected chi connectivity index (χ4v) is 2.30. The van der Waals surface area contributed by atoms with Gasteiger partial charge in [-0.15, -0.1) is 0 Å². The van der Waals surface area contributed by atoms with E-state index in [0.717, 1.165) is 28.3 Å². The smallest absolute Gasteiger partial charge is 0.150 e. The van der Waals surface area contributed by atoms with Crippen LogP contribution in [0.5, 0.6) is 5.75 Å². The summed E-state index contributed by atoms with van der Waals surface area (Å²) in [4.78, 5) is 15.7. The van der Waals surface area contributed by atoms with E-state index in [1.54, 1.807) is 25.4 Å². The van der Waals surface area contributed by atoms with Crippen LogP contribution in [0.15, 0.2) is 54.7 Å². The number of nitrogens with zero attached hydrogens (tertiary/aromatic N) is 1. The molecule has 3 aromatic rings. The Hall–Kier alpha value is -2.68. The van der Waals surface area contributed by atoms with Gasteiger partial charge in [-0.05, 0) is 29.7 Å². The van der Waals surface area contributed by atoms with Crippen LogP contribution in [0.3, 0.4) is 0 Å². The molecule has 1 heterocycles. The number of carbonyl (C=O) groups is 1. The lowest BCUT2D eigenvalue weighted by molar-refractivity contribution is 0.112. The summed E-state index contributed by atoms with van der Waals surface area (Å²) < 4.78 is 5.24. The van der Waals surface area contributed by atoms with Gasteiger partial charge < -0.3 is 4.74 Å². The molecule has 98 valence electrons. The van der Waals surface area contributed by atoms with Crippen LogP contribution in [0, 0.1) is 0 Å². The molecule has 0 radical (unpaired) electrons. The van der Waals surface area contributed by atoms with Gasteiger partial charge in [0.15, 0.2) is 6.29 Å². The third-order valence-electron chi connectivity index (χ3n) is 3.32. The van der Waals surface area contributed by atoms with Crippen LogP contribution in [0.25, 0.3) is 22.0 Å². The zero-order valence-corrected chi connectivity index (χ0v) is 11.0. The van der Waals surface area contributed by atoms with Crippen LogP contribution in [-0.4, -0.2) is 18.4 Å². The Morgan fingerprint density at radius 1 is 1.10 bits per heavy atom. The summed E-state index contributed by atoms with van der Waals surface area (Å²) in [7, 11) is 1.61. The molecule has 0 bridgehead atoms. The zero-order chi connectivity index (χ0) is 13.9. The number of hydrogen-bond donors (Lipinski definition) is 0. The second-order valence-electron chi connectivity index (χ2n) is 4.45. The lowest BCUT2D eigenvalue weighted by Crippen LogP contribution is -1.93. The molecule has 0 fully saturated rings. The van der Waals surface area contributed by atoms with Gasteiger partial charge in [0.25, 0.3) is 0 Å². The second-order valence-corrected chi connectivity index (χ2v) is 4.45. The van der Waals surface area contributed by atoms with Crippen LogP contribution >= 0.6 is 0 Å². The van der Waals surface area contributed by atoms with E-state index >= 15 is 0 Å². The standard InChI is InChI=1S/C17H13NO2/c1-20-14-7-6-13(11-19)16(10-14)17-15-5-3-2-4-12(15)8-9-18-17/h2-11H,1H3. The highest BCUT2D eigenvalue weighted by Crippen LogP contribution is 2.31. The van der Waals surface area contributed by atoms with Crippen molar-refractivity contribution in [3.63, 3.8) is 0 Å². The van der Waals surface area contributed by atoms with Gasteiger partial charge >= 0.3 is 0 Å². The van der Waals surface area contributed by atoms with Crippen LogP contribution in [0.2, 0.25) is 0 Å². The summed E-state index contributed by atoms with van der Waals surface area (Å²) >= 11 is 0. The van der Waals surface area contributed by atoms with Crippen molar-refractivity contribution in [2.24, 2.45) is 0 Å². The monoisotopic (exact) mass is 263 g/mol. The van der Waals surface area contributed by atoms with Crippen molar-refractivity contribution in [2.45, 2.75) is 0 Å². The molecule has 0 unspecified atom stereocenters. The van der Waals surface area contributed by atoms with E-state index in [1.807, 2.05) is 36.4 Å². The van der Waals surface area contributed by atoms with Crippen molar-refractivity contribution in [1.82, 2.24) is 4.98 Å². The van der Waals surface area contributed by atoms with Crippen molar-refractivity contribution in [3.8, 4) is 17.0 Å². The number of ether oxygens (including phenoxy) is 1. The third-order valence-corrected chi connectivity index (χ3v) is 3.32. The lowest BCUT2D eigenvalue weighted by atomic mass is 10.00. The molecular weight excluding hydrogens is 250 g/mol. The molecule has 0 saturated carbocycles. The molecule has 0 N–H and O–H groups in total. The average molecular weight is 263 g/mol. The number of pyridine rings is 1. The molecule has 3 rings (SSSR count). The summed E-state index contributed by atoms with van der Waals surface area (Å²) in [6.07, 6.45) is 2.60. The van der Waals surface area contributed by atoms with Crippen molar-refractivity contribution in [1.29, 1.82) is 0 Å². The number of fused-ring (bicyclic) bond motifs is 1. The highest BCUT2D eigenvalue weighted by atomic mass is 16.5. The first-order valence-electron chi connectivity index (χ1n) is 6.31. The number of methoxy groups -OCH3 is 1. The van der Waals surface area contributed by atoms with Gasteiger partial charge in [0.1, 0.15) is 5.75 Å². The second kappa shape index (κ2) is 5.13. The SMILES string of the molecule is COc1ccc(C=O)c(-c2nccc3ccccc23)c1. The maximum atomic E-state index is 11.3. The molecule has 0 aliphatic heterocycles. The fourth-order valence-electron chi connectivity index (χ4n) is 2.30. The summed E-state index contributed by atoms with van der Waals surface area (Å²) in [6.45, 7) is 0. The maximum absolute atomic E-state index is 11.3. The Balaban J connectivity index is 2.32. The first-order chi connectivity index (χ1) is 9.83. The van der Waals surface area contributed by atoms with E-state index in [-0.39, 0.29) is 0 Å². The van der Waals surface area contributed by atoms with E-state index in [1.165, 1.54) is 0 Å². The molecule has 0 amide bonds. The molecule has 2 aromatic carbocycles. The Labute approximate surface area is 116 Å². The van der Waals surface area contributed by atoms with Crippen molar-refractivity contribution < 1.29 is 9.53 Å². The Morgan fingerprint density at radius 3 is 2.75 bits per heavy atom. The molecule has 20 heavy (non-hydrogen) atoms. The molecule has 3 heteroatoms. The highest BCUT2D eigenvalue weighted by Gasteiger charge is 2.10. The van der Waals surface area contributed by atoms with E-state index in [9.17, 15) is 4.79 Å². The normalized spacial score (nSPS) is 10.4. The first kappa shape index (κ1) is 12.4. The molecule has 0 atom stereocenters. The Morgan fingerprint density at radius 2 is 1.95 bits per heavy atom. The molecule has 1 aromatic heterocycles. The average Bonchev–Trinajstić information content (AvgIpc) is 2.53. The van der Waals surface area contributed by atoms with Gasteiger partial charge in [-0.3, -0.25) is 9.78 Å². The minimum Gasteiger partial charge on any atom is -0.497 e. The van der Waals surface area contributed by atoms with Crippen molar-refractivity contribution in [2.75, 3.05) is 7.11 Å². The zero-order valence-electron chi connectivity index (χ0n) is 11.0. The van der Waals surface area contributed by atoms with Gasteiger partial charge in [0.2, 0.25) is 0 Å². The topological polar surface area (TPSA) is 39.2 Å². The minimum absolute atomic E-state index is 0.606. The summed E-state index contributed by atoms with van der Waals surface area (Å²) in [5.41, 5.74) is 2.19. The van der Waals surface area contributed by atoms with Crippen molar-refractivity contribution >= 4 is 17.1 Å².